The van der Waals surface area contributed by atoms with Gasteiger partial charge in [-0.2, -0.15) is 0 Å². The molecule has 1 saturated heterocycles. The minimum atomic E-state index is -1.21. The smallest absolute Gasteiger partial charge is 0.351 e. The van der Waals surface area contributed by atoms with Gasteiger partial charge in [-0.15, -0.1) is 0 Å². The zero-order valence-corrected chi connectivity index (χ0v) is 20.0. The number of hydrogen-bond donors (Lipinski definition) is 0. The number of rotatable bonds is 16. The summed E-state index contributed by atoms with van der Waals surface area (Å²) in [7, 11) is 0. The van der Waals surface area contributed by atoms with Crippen molar-refractivity contribution in [3.8, 4) is 0 Å². The molecule has 0 radical (unpaired) electrons. The molecule has 0 N–H and O–H groups in total. The number of fused-ring (bicyclic) bond motifs is 2. The Balaban J connectivity index is 1.53. The number of carbonyl (C=O) groups excluding carboxylic acids is 2. The third-order valence-electron chi connectivity index (χ3n) is 8.03. The van der Waals surface area contributed by atoms with Crippen LogP contribution in [0.15, 0.2) is 0 Å². The van der Waals surface area contributed by atoms with Gasteiger partial charge < -0.3 is 9.47 Å². The van der Waals surface area contributed by atoms with Gasteiger partial charge in [0.2, 0.25) is 5.60 Å². The molecular weight excluding hydrogens is 376 g/mol. The summed E-state index contributed by atoms with van der Waals surface area (Å²) in [5.74, 6) is -0.833. The Morgan fingerprint density at radius 2 is 1.33 bits per heavy atom. The highest BCUT2D eigenvalue weighted by atomic mass is 16.6. The normalized spacial score (nSPS) is 28.3. The maximum absolute atomic E-state index is 12.9. The molecule has 0 aromatic carbocycles. The molecule has 0 spiro atoms. The Morgan fingerprint density at radius 3 is 1.73 bits per heavy atom. The first kappa shape index (κ1) is 23.6. The van der Waals surface area contributed by atoms with E-state index in [4.69, 9.17) is 10.8 Å². The fourth-order valence-corrected chi connectivity index (χ4v) is 5.18. The Kier molecular flexibility index (Phi) is 9.07. The Bertz CT molecular complexity index is 590. The second kappa shape index (κ2) is 11.5. The topological polar surface area (TPSA) is 52.6 Å². The van der Waals surface area contributed by atoms with Gasteiger partial charge >= 0.3 is 11.9 Å². The summed E-state index contributed by atoms with van der Waals surface area (Å²) in [6, 6.07) is 0. The standard InChI is InChI=1S/C26H46O4/c1-5-6-7-8-9-10-11-12-13-14-15-16-17-18-21-29-23(28)26-20-19-25(4,22(27)30-26)24(26,2)3/h5-21H2,1-4H3/t25-,26+/m0/s1/i21D/t21-,25+,26-/m1. The number of esters is 2. The number of hydrogen-bond acceptors (Lipinski definition) is 4. The lowest BCUT2D eigenvalue weighted by Crippen LogP contribution is -2.48. The van der Waals surface area contributed by atoms with Crippen LogP contribution in [0, 0.1) is 10.8 Å². The van der Waals surface area contributed by atoms with Crippen LogP contribution in [0.3, 0.4) is 0 Å². The molecule has 2 aliphatic rings. The molecule has 0 aromatic heterocycles. The van der Waals surface area contributed by atoms with Crippen LogP contribution in [-0.4, -0.2) is 24.1 Å². The zero-order valence-electron chi connectivity index (χ0n) is 21.0. The van der Waals surface area contributed by atoms with E-state index in [2.05, 4.69) is 6.92 Å². The lowest BCUT2D eigenvalue weighted by molar-refractivity contribution is -0.183. The summed E-state index contributed by atoms with van der Waals surface area (Å²) < 4.78 is 19.1. The van der Waals surface area contributed by atoms with Crippen LogP contribution in [0.1, 0.15) is 132 Å². The fraction of sp³-hybridized carbons (Fsp3) is 0.923. The Morgan fingerprint density at radius 1 is 0.867 bits per heavy atom. The summed E-state index contributed by atoms with van der Waals surface area (Å²) in [5, 5.41) is 0. The molecule has 2 bridgehead atoms. The second-order valence-corrected chi connectivity index (χ2v) is 10.3. The van der Waals surface area contributed by atoms with E-state index in [1.54, 1.807) is 0 Å². The summed E-state index contributed by atoms with van der Waals surface area (Å²) in [5.41, 5.74) is -2.46. The highest BCUT2D eigenvalue weighted by molar-refractivity contribution is 5.93. The van der Waals surface area contributed by atoms with Crippen LogP contribution in [-0.2, 0) is 19.1 Å². The van der Waals surface area contributed by atoms with Gasteiger partial charge in [0.25, 0.3) is 0 Å². The molecule has 2 fully saturated rings. The maximum Gasteiger partial charge on any atom is 0.351 e. The largest absolute Gasteiger partial charge is 0.463 e. The second-order valence-electron chi connectivity index (χ2n) is 10.3. The lowest BCUT2D eigenvalue weighted by atomic mass is 9.66. The van der Waals surface area contributed by atoms with E-state index in [0.717, 1.165) is 12.8 Å². The van der Waals surface area contributed by atoms with Gasteiger partial charge in [-0.1, -0.05) is 104 Å². The van der Waals surface area contributed by atoms with E-state index in [0.29, 0.717) is 19.3 Å². The summed E-state index contributed by atoms with van der Waals surface area (Å²) in [4.78, 5) is 25.2. The molecule has 174 valence electrons. The highest BCUT2D eigenvalue weighted by Gasteiger charge is 2.76. The van der Waals surface area contributed by atoms with Crippen molar-refractivity contribution in [1.29, 1.82) is 0 Å². The molecule has 3 atom stereocenters. The molecule has 4 heteroatoms. The van der Waals surface area contributed by atoms with E-state index in [1.165, 1.54) is 70.6 Å². The van der Waals surface area contributed by atoms with Crippen molar-refractivity contribution < 1.29 is 20.4 Å². The minimum absolute atomic E-state index is 0.307. The third kappa shape index (κ3) is 5.40. The quantitative estimate of drug-likeness (QED) is 0.196. The monoisotopic (exact) mass is 423 g/mol. The SMILES string of the molecule is [2H][C@H](CCCCCCCCCCCCCCC)OC(=O)[C@@]12CC[C@@](C)(C(=O)O1)C2(C)C. The van der Waals surface area contributed by atoms with Crippen LogP contribution < -0.4 is 0 Å². The zero-order chi connectivity index (χ0) is 23.0. The van der Waals surface area contributed by atoms with Crippen molar-refractivity contribution in [3.05, 3.63) is 0 Å². The lowest BCUT2D eigenvalue weighted by Gasteiger charge is -2.34. The third-order valence-corrected chi connectivity index (χ3v) is 8.03. The van der Waals surface area contributed by atoms with Crippen molar-refractivity contribution in [3.63, 3.8) is 0 Å². The van der Waals surface area contributed by atoms with Crippen LogP contribution in [0.4, 0.5) is 0 Å². The van der Waals surface area contributed by atoms with Crippen LogP contribution >= 0.6 is 0 Å². The van der Waals surface area contributed by atoms with Crippen molar-refractivity contribution in [2.24, 2.45) is 10.8 Å². The highest BCUT2D eigenvalue weighted by Crippen LogP contribution is 2.65. The molecule has 30 heavy (non-hydrogen) atoms. The summed E-state index contributed by atoms with van der Waals surface area (Å²) >= 11 is 0. The van der Waals surface area contributed by atoms with Gasteiger partial charge in [0, 0.05) is 5.41 Å². The molecule has 1 aliphatic heterocycles. The van der Waals surface area contributed by atoms with E-state index in [9.17, 15) is 9.59 Å². The van der Waals surface area contributed by atoms with Crippen molar-refractivity contribution in [1.82, 2.24) is 0 Å². The number of carbonyl (C=O) groups is 2. The molecule has 0 unspecified atom stereocenters. The van der Waals surface area contributed by atoms with E-state index in [-0.39, 0.29) is 5.97 Å². The van der Waals surface area contributed by atoms with Gasteiger partial charge in [-0.3, -0.25) is 4.79 Å². The van der Waals surface area contributed by atoms with Crippen LogP contribution in [0.2, 0.25) is 0 Å². The average molecular weight is 424 g/mol. The number of ether oxygens (including phenoxy) is 2. The van der Waals surface area contributed by atoms with Gasteiger partial charge in [-0.25, -0.2) is 4.79 Å². The molecule has 1 aliphatic carbocycles. The summed E-state index contributed by atoms with van der Waals surface area (Å²) in [6.07, 6.45) is 18.3. The molecule has 2 rings (SSSR count). The maximum atomic E-state index is 12.9. The average Bonchev–Trinajstić information content (AvgIpc) is 3.02. The molecule has 0 amide bonds. The van der Waals surface area contributed by atoms with Gasteiger partial charge in [0.1, 0.15) is 0 Å². The first-order valence-corrected chi connectivity index (χ1v) is 12.6. The van der Waals surface area contributed by atoms with Gasteiger partial charge in [-0.05, 0) is 26.2 Å². The number of unbranched alkanes of at least 4 members (excludes halogenated alkanes) is 12. The first-order valence-electron chi connectivity index (χ1n) is 13.2. The fourth-order valence-electron chi connectivity index (χ4n) is 5.18. The summed E-state index contributed by atoms with van der Waals surface area (Å²) in [6.45, 7) is 7.09. The van der Waals surface area contributed by atoms with Crippen molar-refractivity contribution in [2.45, 2.75) is 136 Å². The molecule has 4 nitrogen and oxygen atoms in total. The Hall–Kier alpha value is -1.06. The van der Waals surface area contributed by atoms with E-state index < -0.39 is 29.0 Å². The van der Waals surface area contributed by atoms with Crippen molar-refractivity contribution >= 4 is 11.9 Å². The molecule has 1 heterocycles. The molecule has 1 saturated carbocycles. The minimum Gasteiger partial charge on any atom is -0.463 e. The first-order chi connectivity index (χ1) is 14.7. The van der Waals surface area contributed by atoms with Gasteiger partial charge in [0.05, 0.1) is 13.4 Å². The Labute approximate surface area is 186 Å². The molecule has 0 aromatic rings. The molecular formula is C26H46O4. The van der Waals surface area contributed by atoms with Crippen LogP contribution in [0.5, 0.6) is 0 Å². The predicted molar refractivity (Wildman–Crippen MR) is 121 cm³/mol. The van der Waals surface area contributed by atoms with Crippen molar-refractivity contribution in [2.75, 3.05) is 6.58 Å². The van der Waals surface area contributed by atoms with E-state index >= 15 is 0 Å². The van der Waals surface area contributed by atoms with E-state index in [1.807, 2.05) is 20.8 Å². The van der Waals surface area contributed by atoms with Crippen LogP contribution in [0.25, 0.3) is 0 Å². The predicted octanol–water partition coefficient (Wildman–Crippen LogP) is 7.13. The van der Waals surface area contributed by atoms with Gasteiger partial charge in [0.15, 0.2) is 0 Å².